The Morgan fingerprint density at radius 2 is 2.11 bits per heavy atom. The van der Waals surface area contributed by atoms with Gasteiger partial charge in [-0.15, -0.1) is 0 Å². The second-order valence-corrected chi connectivity index (χ2v) is 3.84. The minimum absolute atomic E-state index is 0.263. The molecule has 0 aliphatic carbocycles. The van der Waals surface area contributed by atoms with Crippen molar-refractivity contribution in [1.82, 2.24) is 9.97 Å². The average Bonchev–Trinajstić information content (AvgIpc) is 2.40. The fourth-order valence-corrected chi connectivity index (χ4v) is 1.51. The van der Waals surface area contributed by atoms with E-state index in [-0.39, 0.29) is 6.42 Å². The number of aromatic nitrogens is 2. The van der Waals surface area contributed by atoms with Crippen LogP contribution in [0, 0.1) is 6.07 Å². The number of nitrogens with zero attached hydrogens (tertiary/aromatic N) is 2. The predicted octanol–water partition coefficient (Wildman–Crippen LogP) is 0.898. The van der Waals surface area contributed by atoms with Crippen molar-refractivity contribution >= 4 is 5.97 Å². The molecule has 1 atom stereocenters. The predicted molar refractivity (Wildman–Crippen MR) is 65.6 cm³/mol. The lowest BCUT2D eigenvalue weighted by Crippen LogP contribution is -2.32. The van der Waals surface area contributed by atoms with Crippen molar-refractivity contribution < 1.29 is 9.90 Å². The van der Waals surface area contributed by atoms with Crippen molar-refractivity contribution in [2.45, 2.75) is 12.5 Å². The van der Waals surface area contributed by atoms with Gasteiger partial charge in [-0.05, 0) is 24.1 Å². The molecule has 0 fully saturated rings. The number of carboxylic acid groups (broad SMARTS) is 1. The van der Waals surface area contributed by atoms with E-state index in [2.05, 4.69) is 16.0 Å². The Hall–Kier alpha value is -2.27. The van der Waals surface area contributed by atoms with Gasteiger partial charge in [-0.25, -0.2) is 0 Å². The molecule has 1 radical (unpaired) electrons. The molecular weight excluding hydrogens is 230 g/mol. The first-order valence-corrected chi connectivity index (χ1v) is 5.42. The Balaban J connectivity index is 2.13. The largest absolute Gasteiger partial charge is 0.480 e. The maximum atomic E-state index is 10.6. The van der Waals surface area contributed by atoms with Gasteiger partial charge in [0, 0.05) is 18.5 Å². The average molecular weight is 242 g/mol. The number of aliphatic carboxylic acids is 1. The lowest BCUT2D eigenvalue weighted by atomic mass is 10.1. The molecule has 0 spiro atoms. The number of rotatable bonds is 4. The van der Waals surface area contributed by atoms with Crippen molar-refractivity contribution in [3.8, 4) is 11.4 Å². The summed E-state index contributed by atoms with van der Waals surface area (Å²) >= 11 is 0. The minimum Gasteiger partial charge on any atom is -0.480 e. The minimum atomic E-state index is -1.01. The SMILES string of the molecule is NC(Cc1ccc(-c2cc[c]cn2)nc1)C(=O)O. The highest BCUT2D eigenvalue weighted by Gasteiger charge is 2.12. The van der Waals surface area contributed by atoms with E-state index in [0.717, 1.165) is 17.0 Å². The monoisotopic (exact) mass is 242 g/mol. The van der Waals surface area contributed by atoms with Crippen LogP contribution < -0.4 is 5.73 Å². The number of hydrogen-bond donors (Lipinski definition) is 2. The van der Waals surface area contributed by atoms with Gasteiger partial charge in [0.15, 0.2) is 0 Å². The molecule has 5 heteroatoms. The number of carbonyl (C=O) groups is 1. The molecule has 0 aliphatic heterocycles. The van der Waals surface area contributed by atoms with E-state index in [4.69, 9.17) is 10.8 Å². The van der Waals surface area contributed by atoms with Gasteiger partial charge in [-0.1, -0.05) is 12.1 Å². The number of carboxylic acids is 1. The Labute approximate surface area is 104 Å². The fraction of sp³-hybridized carbons (Fsp3) is 0.154. The van der Waals surface area contributed by atoms with Gasteiger partial charge in [-0.2, -0.15) is 0 Å². The lowest BCUT2D eigenvalue weighted by molar-refractivity contribution is -0.138. The van der Waals surface area contributed by atoms with E-state index < -0.39 is 12.0 Å². The molecule has 0 amide bonds. The summed E-state index contributed by atoms with van der Waals surface area (Å²) in [6, 6.07) is 9.11. The third-order valence-electron chi connectivity index (χ3n) is 2.48. The Morgan fingerprint density at radius 3 is 2.67 bits per heavy atom. The summed E-state index contributed by atoms with van der Waals surface area (Å²) in [6.07, 6.45) is 3.46. The van der Waals surface area contributed by atoms with Gasteiger partial charge in [0.1, 0.15) is 6.04 Å². The quantitative estimate of drug-likeness (QED) is 0.831. The van der Waals surface area contributed by atoms with Crippen LogP contribution in [0.1, 0.15) is 5.56 Å². The summed E-state index contributed by atoms with van der Waals surface area (Å²) in [5.41, 5.74) is 7.73. The van der Waals surface area contributed by atoms with Crippen LogP contribution in [0.2, 0.25) is 0 Å². The molecule has 2 rings (SSSR count). The molecule has 0 saturated heterocycles. The fourth-order valence-electron chi connectivity index (χ4n) is 1.51. The topological polar surface area (TPSA) is 89.1 Å². The van der Waals surface area contributed by atoms with Crippen molar-refractivity contribution in [3.63, 3.8) is 0 Å². The molecule has 0 aliphatic rings. The first kappa shape index (κ1) is 12.2. The van der Waals surface area contributed by atoms with Crippen LogP contribution in [0.25, 0.3) is 11.4 Å². The van der Waals surface area contributed by atoms with Crippen LogP contribution in [0.3, 0.4) is 0 Å². The van der Waals surface area contributed by atoms with Crippen molar-refractivity contribution in [1.29, 1.82) is 0 Å². The van der Waals surface area contributed by atoms with E-state index in [0.29, 0.717) is 0 Å². The molecule has 5 nitrogen and oxygen atoms in total. The summed E-state index contributed by atoms with van der Waals surface area (Å²) in [5.74, 6) is -1.01. The Kier molecular flexibility index (Phi) is 3.64. The number of pyridine rings is 2. The molecule has 91 valence electrons. The first-order chi connectivity index (χ1) is 8.66. The van der Waals surface area contributed by atoms with Crippen LogP contribution in [0.15, 0.2) is 36.7 Å². The van der Waals surface area contributed by atoms with E-state index in [9.17, 15) is 4.79 Å². The highest BCUT2D eigenvalue weighted by Crippen LogP contribution is 2.13. The van der Waals surface area contributed by atoms with Gasteiger partial charge >= 0.3 is 5.97 Å². The van der Waals surface area contributed by atoms with Crippen LogP contribution in [-0.2, 0) is 11.2 Å². The lowest BCUT2D eigenvalue weighted by Gasteiger charge is -2.06. The van der Waals surface area contributed by atoms with Crippen LogP contribution in [-0.4, -0.2) is 27.1 Å². The number of hydrogen-bond acceptors (Lipinski definition) is 4. The van der Waals surface area contributed by atoms with Gasteiger partial charge in [-0.3, -0.25) is 14.8 Å². The van der Waals surface area contributed by atoms with Crippen LogP contribution in [0.5, 0.6) is 0 Å². The van der Waals surface area contributed by atoms with Gasteiger partial charge in [0.05, 0.1) is 11.4 Å². The van der Waals surface area contributed by atoms with E-state index in [1.165, 1.54) is 0 Å². The molecule has 18 heavy (non-hydrogen) atoms. The van der Waals surface area contributed by atoms with Crippen molar-refractivity contribution in [3.05, 3.63) is 48.3 Å². The third kappa shape index (κ3) is 2.89. The van der Waals surface area contributed by atoms with Crippen molar-refractivity contribution in [2.75, 3.05) is 0 Å². The molecule has 2 heterocycles. The smallest absolute Gasteiger partial charge is 0.320 e. The second-order valence-electron chi connectivity index (χ2n) is 3.84. The zero-order valence-electron chi connectivity index (χ0n) is 9.58. The van der Waals surface area contributed by atoms with Gasteiger partial charge in [0.25, 0.3) is 0 Å². The normalized spacial score (nSPS) is 12.1. The van der Waals surface area contributed by atoms with Gasteiger partial charge in [0.2, 0.25) is 0 Å². The molecular formula is C13H12N3O2. The second kappa shape index (κ2) is 5.37. The summed E-state index contributed by atoms with van der Waals surface area (Å²) in [6.45, 7) is 0. The summed E-state index contributed by atoms with van der Waals surface area (Å²) < 4.78 is 0. The Morgan fingerprint density at radius 1 is 1.33 bits per heavy atom. The molecule has 3 N–H and O–H groups in total. The Bertz CT molecular complexity index is 526. The molecule has 0 saturated carbocycles. The zero-order valence-corrected chi connectivity index (χ0v) is 9.58. The first-order valence-electron chi connectivity index (χ1n) is 5.42. The molecule has 1 unspecified atom stereocenters. The van der Waals surface area contributed by atoms with E-state index in [1.807, 2.05) is 12.1 Å². The molecule has 2 aromatic rings. The maximum absolute atomic E-state index is 10.6. The molecule has 0 aromatic carbocycles. The van der Waals surface area contributed by atoms with Crippen LogP contribution >= 0.6 is 0 Å². The highest BCUT2D eigenvalue weighted by molar-refractivity contribution is 5.73. The number of nitrogens with two attached hydrogens (primary N) is 1. The molecule has 2 aromatic heterocycles. The zero-order chi connectivity index (χ0) is 13.0. The summed E-state index contributed by atoms with van der Waals surface area (Å²) in [5, 5.41) is 8.72. The maximum Gasteiger partial charge on any atom is 0.320 e. The summed E-state index contributed by atoms with van der Waals surface area (Å²) in [7, 11) is 0. The van der Waals surface area contributed by atoms with Gasteiger partial charge < -0.3 is 10.8 Å². The van der Waals surface area contributed by atoms with Crippen LogP contribution in [0.4, 0.5) is 0 Å². The van der Waals surface area contributed by atoms with E-state index >= 15 is 0 Å². The molecule has 0 bridgehead atoms. The van der Waals surface area contributed by atoms with E-state index in [1.54, 1.807) is 24.5 Å². The van der Waals surface area contributed by atoms with Crippen molar-refractivity contribution in [2.24, 2.45) is 5.73 Å². The highest BCUT2D eigenvalue weighted by atomic mass is 16.4. The summed E-state index contributed by atoms with van der Waals surface area (Å²) in [4.78, 5) is 19.0. The standard InChI is InChI=1S/C13H12N3O2/c14-10(13(17)18)7-9-4-5-12(16-8-9)11-3-1-2-6-15-11/h1,3-6,8,10H,7,14H2,(H,17,18). The third-order valence-corrected chi connectivity index (χ3v) is 2.48.